The highest BCUT2D eigenvalue weighted by atomic mass is 79.9. The van der Waals surface area contributed by atoms with Gasteiger partial charge in [0, 0.05) is 26.8 Å². The zero-order valence-electron chi connectivity index (χ0n) is 12.4. The SMILES string of the molecule is Cc1c(Br)cc(C(=O)NC(C)CC(C)C)cc1S(=O)(=O)Cl. The van der Waals surface area contributed by atoms with Gasteiger partial charge in [0.15, 0.2) is 0 Å². The van der Waals surface area contributed by atoms with E-state index in [9.17, 15) is 13.2 Å². The number of amides is 1. The highest BCUT2D eigenvalue weighted by molar-refractivity contribution is 9.10. The second kappa shape index (κ2) is 7.11. The predicted molar refractivity (Wildman–Crippen MR) is 88.3 cm³/mol. The second-order valence-electron chi connectivity index (χ2n) is 5.52. The number of hydrogen-bond acceptors (Lipinski definition) is 3. The van der Waals surface area contributed by atoms with Crippen LogP contribution in [0.3, 0.4) is 0 Å². The van der Waals surface area contributed by atoms with Gasteiger partial charge in [-0.2, -0.15) is 0 Å². The highest BCUT2D eigenvalue weighted by Crippen LogP contribution is 2.28. The summed E-state index contributed by atoms with van der Waals surface area (Å²) in [4.78, 5) is 12.2. The van der Waals surface area contributed by atoms with Crippen LogP contribution in [0.5, 0.6) is 0 Å². The van der Waals surface area contributed by atoms with Crippen LogP contribution in [0.4, 0.5) is 0 Å². The zero-order chi connectivity index (χ0) is 16.4. The molecule has 1 unspecified atom stereocenters. The van der Waals surface area contributed by atoms with Gasteiger partial charge in [-0.25, -0.2) is 8.42 Å². The fourth-order valence-electron chi connectivity index (χ4n) is 2.11. The summed E-state index contributed by atoms with van der Waals surface area (Å²) >= 11 is 3.26. The van der Waals surface area contributed by atoms with Crippen molar-refractivity contribution >= 4 is 41.6 Å². The number of carbonyl (C=O) groups is 1. The first-order valence-corrected chi connectivity index (χ1v) is 9.68. The van der Waals surface area contributed by atoms with Gasteiger partial charge in [-0.3, -0.25) is 4.79 Å². The van der Waals surface area contributed by atoms with E-state index in [-0.39, 0.29) is 22.4 Å². The van der Waals surface area contributed by atoms with Gasteiger partial charge in [0.25, 0.3) is 15.0 Å². The Hall–Kier alpha value is -0.590. The standard InChI is InChI=1S/C14H19BrClNO3S/c1-8(2)5-9(3)17-14(18)11-6-12(15)10(4)13(7-11)21(16,19)20/h6-9H,5H2,1-4H3,(H,17,18). The fourth-order valence-corrected chi connectivity index (χ4v) is 3.93. The molecular weight excluding hydrogens is 378 g/mol. The van der Waals surface area contributed by atoms with E-state index in [0.717, 1.165) is 6.42 Å². The van der Waals surface area contributed by atoms with Gasteiger partial charge >= 0.3 is 0 Å². The van der Waals surface area contributed by atoms with Crippen LogP contribution in [-0.4, -0.2) is 20.4 Å². The summed E-state index contributed by atoms with van der Waals surface area (Å²) in [6.07, 6.45) is 0.847. The Balaban J connectivity index is 3.09. The van der Waals surface area contributed by atoms with E-state index in [0.29, 0.717) is 16.0 Å². The summed E-state index contributed by atoms with van der Waals surface area (Å²) in [5, 5.41) is 2.86. The molecule has 0 aliphatic heterocycles. The number of rotatable bonds is 5. The van der Waals surface area contributed by atoms with E-state index in [2.05, 4.69) is 35.1 Å². The van der Waals surface area contributed by atoms with E-state index < -0.39 is 9.05 Å². The number of carbonyl (C=O) groups excluding carboxylic acids is 1. The van der Waals surface area contributed by atoms with Crippen LogP contribution >= 0.6 is 26.6 Å². The Morgan fingerprint density at radius 3 is 2.38 bits per heavy atom. The predicted octanol–water partition coefficient (Wildman–Crippen LogP) is 3.85. The minimum absolute atomic E-state index is 0.00800. The average molecular weight is 397 g/mol. The van der Waals surface area contributed by atoms with Crippen LogP contribution in [0.2, 0.25) is 0 Å². The van der Waals surface area contributed by atoms with E-state index >= 15 is 0 Å². The van der Waals surface area contributed by atoms with Crippen LogP contribution < -0.4 is 5.32 Å². The summed E-state index contributed by atoms with van der Waals surface area (Å²) in [6, 6.07) is 2.91. The normalized spacial score (nSPS) is 13.3. The largest absolute Gasteiger partial charge is 0.350 e. The van der Waals surface area contributed by atoms with E-state index in [1.165, 1.54) is 6.07 Å². The summed E-state index contributed by atoms with van der Waals surface area (Å²) < 4.78 is 23.7. The molecule has 1 aromatic rings. The smallest absolute Gasteiger partial charge is 0.261 e. The fraction of sp³-hybridized carbons (Fsp3) is 0.500. The van der Waals surface area contributed by atoms with Crippen molar-refractivity contribution in [1.29, 1.82) is 0 Å². The quantitative estimate of drug-likeness (QED) is 0.769. The lowest BCUT2D eigenvalue weighted by Gasteiger charge is -2.16. The molecule has 1 aromatic carbocycles. The molecule has 1 N–H and O–H groups in total. The summed E-state index contributed by atoms with van der Waals surface area (Å²) in [7, 11) is 1.51. The minimum atomic E-state index is -3.90. The second-order valence-corrected chi connectivity index (χ2v) is 8.91. The molecule has 0 aliphatic rings. The molecule has 0 heterocycles. The number of halogens is 2. The first-order chi connectivity index (χ1) is 9.52. The summed E-state index contributed by atoms with van der Waals surface area (Å²) in [6.45, 7) is 7.69. The Bertz CT molecular complexity index is 644. The molecule has 118 valence electrons. The molecule has 0 fully saturated rings. The summed E-state index contributed by atoms with van der Waals surface area (Å²) in [5.41, 5.74) is 0.749. The number of benzene rings is 1. The lowest BCUT2D eigenvalue weighted by atomic mass is 10.0. The van der Waals surface area contributed by atoms with Gasteiger partial charge in [0.05, 0.1) is 4.90 Å². The van der Waals surface area contributed by atoms with Gasteiger partial charge in [-0.05, 0) is 43.9 Å². The molecule has 21 heavy (non-hydrogen) atoms. The van der Waals surface area contributed by atoms with Crippen LogP contribution in [-0.2, 0) is 9.05 Å². The lowest BCUT2D eigenvalue weighted by molar-refractivity contribution is 0.0936. The molecule has 7 heteroatoms. The maximum absolute atomic E-state index is 12.2. The first kappa shape index (κ1) is 18.5. The molecule has 0 radical (unpaired) electrons. The molecule has 0 aliphatic carbocycles. The molecule has 0 bridgehead atoms. The third kappa shape index (κ3) is 5.27. The highest BCUT2D eigenvalue weighted by Gasteiger charge is 2.20. The van der Waals surface area contributed by atoms with E-state index in [1.54, 1.807) is 13.0 Å². The van der Waals surface area contributed by atoms with Crippen molar-refractivity contribution in [2.45, 2.75) is 45.1 Å². The lowest BCUT2D eigenvalue weighted by Crippen LogP contribution is -2.33. The van der Waals surface area contributed by atoms with Crippen LogP contribution in [0.1, 0.15) is 43.1 Å². The molecule has 4 nitrogen and oxygen atoms in total. The Labute approximate surface area is 138 Å². The zero-order valence-corrected chi connectivity index (χ0v) is 15.6. The molecular formula is C14H19BrClNO3S. The van der Waals surface area contributed by atoms with Crippen LogP contribution in [0.25, 0.3) is 0 Å². The van der Waals surface area contributed by atoms with Crippen molar-refractivity contribution in [2.24, 2.45) is 5.92 Å². The molecule has 1 rings (SSSR count). The molecule has 1 atom stereocenters. The number of nitrogens with one attached hydrogen (secondary N) is 1. The Morgan fingerprint density at radius 1 is 1.33 bits per heavy atom. The Kier molecular flexibility index (Phi) is 6.25. The van der Waals surface area contributed by atoms with Crippen molar-refractivity contribution in [3.8, 4) is 0 Å². The maximum atomic E-state index is 12.2. The topological polar surface area (TPSA) is 63.2 Å². The van der Waals surface area contributed by atoms with Crippen molar-refractivity contribution in [3.63, 3.8) is 0 Å². The Morgan fingerprint density at radius 2 is 1.90 bits per heavy atom. The third-order valence-electron chi connectivity index (χ3n) is 3.02. The van der Waals surface area contributed by atoms with Gasteiger partial charge in [0.2, 0.25) is 0 Å². The molecule has 0 saturated heterocycles. The minimum Gasteiger partial charge on any atom is -0.350 e. The van der Waals surface area contributed by atoms with Crippen LogP contribution in [0, 0.1) is 12.8 Å². The summed E-state index contributed by atoms with van der Waals surface area (Å²) in [5.74, 6) is 0.147. The van der Waals surface area contributed by atoms with Gasteiger partial charge in [-0.15, -0.1) is 0 Å². The van der Waals surface area contributed by atoms with Crippen molar-refractivity contribution in [2.75, 3.05) is 0 Å². The monoisotopic (exact) mass is 395 g/mol. The van der Waals surface area contributed by atoms with Crippen molar-refractivity contribution in [1.82, 2.24) is 5.32 Å². The van der Waals surface area contributed by atoms with Gasteiger partial charge < -0.3 is 5.32 Å². The molecule has 0 saturated carbocycles. The molecule has 0 aromatic heterocycles. The average Bonchev–Trinajstić information content (AvgIpc) is 2.29. The van der Waals surface area contributed by atoms with Gasteiger partial charge in [0.1, 0.15) is 0 Å². The molecule has 0 spiro atoms. The van der Waals surface area contributed by atoms with E-state index in [1.807, 2.05) is 6.92 Å². The first-order valence-electron chi connectivity index (χ1n) is 6.58. The maximum Gasteiger partial charge on any atom is 0.261 e. The van der Waals surface area contributed by atoms with Crippen LogP contribution in [0.15, 0.2) is 21.5 Å². The van der Waals surface area contributed by atoms with Crippen molar-refractivity contribution in [3.05, 3.63) is 27.7 Å². The van der Waals surface area contributed by atoms with E-state index in [4.69, 9.17) is 10.7 Å². The number of hydrogen-bond donors (Lipinski definition) is 1. The third-order valence-corrected chi connectivity index (χ3v) is 5.30. The van der Waals surface area contributed by atoms with Crippen molar-refractivity contribution < 1.29 is 13.2 Å². The van der Waals surface area contributed by atoms with Gasteiger partial charge in [-0.1, -0.05) is 29.8 Å². The molecule has 1 amide bonds.